The number of aromatic carboxylic acids is 1. The highest BCUT2D eigenvalue weighted by atomic mass is 127. The van der Waals surface area contributed by atoms with E-state index in [0.29, 0.717) is 3.57 Å². The molecule has 1 aromatic heterocycles. The third kappa shape index (κ3) is 2.97. The summed E-state index contributed by atoms with van der Waals surface area (Å²) in [4.78, 5) is 11.4. The van der Waals surface area contributed by atoms with Crippen LogP contribution >= 0.6 is 22.6 Å². The highest BCUT2D eigenvalue weighted by Crippen LogP contribution is 2.32. The second-order valence-electron chi connectivity index (χ2n) is 6.27. The maximum absolute atomic E-state index is 11.4. The van der Waals surface area contributed by atoms with E-state index in [2.05, 4.69) is 54.5 Å². The van der Waals surface area contributed by atoms with Gasteiger partial charge in [-0.25, -0.2) is 9.48 Å². The maximum Gasteiger partial charge on any atom is 0.357 e. The lowest BCUT2D eigenvalue weighted by atomic mass is 9.91. The number of rotatable bonds is 2. The van der Waals surface area contributed by atoms with Crippen molar-refractivity contribution in [2.75, 3.05) is 0 Å². The Balaban J connectivity index is 2.79. The summed E-state index contributed by atoms with van der Waals surface area (Å²) in [6.45, 7) is 10.3. The van der Waals surface area contributed by atoms with Crippen molar-refractivity contribution in [2.24, 2.45) is 0 Å². The summed E-state index contributed by atoms with van der Waals surface area (Å²) in [7, 11) is 0. The summed E-state index contributed by atoms with van der Waals surface area (Å²) in [5.74, 6) is -0.992. The van der Waals surface area contributed by atoms with Gasteiger partial charge < -0.3 is 5.11 Å². The third-order valence-electron chi connectivity index (χ3n) is 3.32. The van der Waals surface area contributed by atoms with E-state index >= 15 is 0 Å². The summed E-state index contributed by atoms with van der Waals surface area (Å²) in [5.41, 5.74) is 4.02. The van der Waals surface area contributed by atoms with E-state index in [1.807, 2.05) is 26.0 Å². The minimum atomic E-state index is -0.992. The van der Waals surface area contributed by atoms with Crippen molar-refractivity contribution in [2.45, 2.75) is 40.0 Å². The Morgan fingerprint density at radius 3 is 2.38 bits per heavy atom. The Hall–Kier alpha value is -1.37. The van der Waals surface area contributed by atoms with E-state index in [1.165, 1.54) is 5.56 Å². The van der Waals surface area contributed by atoms with Crippen LogP contribution in [0.1, 0.15) is 48.1 Å². The topological polar surface area (TPSA) is 55.1 Å². The first kappa shape index (κ1) is 16.0. The highest BCUT2D eigenvalue weighted by molar-refractivity contribution is 14.1. The predicted molar refractivity (Wildman–Crippen MR) is 91.4 cm³/mol. The van der Waals surface area contributed by atoms with Crippen molar-refractivity contribution in [3.8, 4) is 5.69 Å². The summed E-state index contributed by atoms with van der Waals surface area (Å²) >= 11 is 2.08. The summed E-state index contributed by atoms with van der Waals surface area (Å²) < 4.78 is 2.48. The molecule has 0 saturated heterocycles. The van der Waals surface area contributed by atoms with E-state index in [9.17, 15) is 9.90 Å². The summed E-state index contributed by atoms with van der Waals surface area (Å²) in [6.07, 6.45) is 0. The average Bonchev–Trinajstić information content (AvgIpc) is 2.66. The fourth-order valence-corrected chi connectivity index (χ4v) is 3.78. The molecule has 1 heterocycles. The van der Waals surface area contributed by atoms with Crippen molar-refractivity contribution >= 4 is 28.6 Å². The first-order chi connectivity index (χ1) is 9.62. The minimum Gasteiger partial charge on any atom is -0.476 e. The molecule has 4 nitrogen and oxygen atoms in total. The molecule has 0 aliphatic carbocycles. The molecular weight excluding hydrogens is 379 g/mol. The number of carbonyl (C=O) groups is 1. The zero-order valence-electron chi connectivity index (χ0n) is 12.9. The molecule has 2 rings (SSSR count). The number of hydrogen-bond donors (Lipinski definition) is 1. The molecule has 0 spiro atoms. The van der Waals surface area contributed by atoms with Gasteiger partial charge in [0.2, 0.25) is 0 Å². The van der Waals surface area contributed by atoms with Gasteiger partial charge in [-0.3, -0.25) is 0 Å². The second kappa shape index (κ2) is 5.44. The van der Waals surface area contributed by atoms with Crippen LogP contribution < -0.4 is 0 Å². The number of benzene rings is 1. The lowest BCUT2D eigenvalue weighted by Gasteiger charge is -2.22. The van der Waals surface area contributed by atoms with Gasteiger partial charge >= 0.3 is 5.97 Å². The number of carboxylic acids is 1. The van der Waals surface area contributed by atoms with Gasteiger partial charge in [0.1, 0.15) is 0 Å². The lowest BCUT2D eigenvalue weighted by Crippen LogP contribution is -2.19. The van der Waals surface area contributed by atoms with Gasteiger partial charge in [0.05, 0.1) is 15.0 Å². The van der Waals surface area contributed by atoms with Crippen molar-refractivity contribution in [3.63, 3.8) is 0 Å². The average molecular weight is 398 g/mol. The molecule has 0 radical (unpaired) electrons. The van der Waals surface area contributed by atoms with Crippen molar-refractivity contribution in [1.29, 1.82) is 0 Å². The molecule has 0 fully saturated rings. The van der Waals surface area contributed by atoms with E-state index in [-0.39, 0.29) is 11.1 Å². The zero-order valence-corrected chi connectivity index (χ0v) is 15.0. The molecule has 0 saturated carbocycles. The molecule has 0 unspecified atom stereocenters. The molecule has 112 valence electrons. The van der Waals surface area contributed by atoms with Gasteiger partial charge in [-0.05, 0) is 48.1 Å². The van der Waals surface area contributed by atoms with E-state index in [1.54, 1.807) is 4.68 Å². The van der Waals surface area contributed by atoms with Gasteiger partial charge in [-0.2, -0.15) is 5.10 Å². The van der Waals surface area contributed by atoms with Crippen LogP contribution in [0.25, 0.3) is 5.69 Å². The number of nitrogens with zero attached hydrogens (tertiary/aromatic N) is 2. The molecule has 5 heteroatoms. The van der Waals surface area contributed by atoms with E-state index in [4.69, 9.17) is 0 Å². The Bertz CT molecular complexity index is 712. The molecule has 1 N–H and O–H groups in total. The molecule has 0 aliphatic heterocycles. The van der Waals surface area contributed by atoms with Crippen LogP contribution in [0.4, 0.5) is 0 Å². The monoisotopic (exact) mass is 398 g/mol. The van der Waals surface area contributed by atoms with Gasteiger partial charge in [0.15, 0.2) is 5.69 Å². The van der Waals surface area contributed by atoms with E-state index < -0.39 is 5.97 Å². The van der Waals surface area contributed by atoms with Gasteiger partial charge in [-0.1, -0.05) is 38.5 Å². The van der Waals surface area contributed by atoms with Crippen LogP contribution in [-0.2, 0) is 5.41 Å². The molecule has 0 atom stereocenters. The van der Waals surface area contributed by atoms with Gasteiger partial charge in [-0.15, -0.1) is 0 Å². The molecule has 1 aromatic carbocycles. The summed E-state index contributed by atoms with van der Waals surface area (Å²) in [5, 5.41) is 13.7. The molecule has 2 aromatic rings. The van der Waals surface area contributed by atoms with Crippen LogP contribution in [-0.4, -0.2) is 20.9 Å². The van der Waals surface area contributed by atoms with Crippen LogP contribution in [0.5, 0.6) is 0 Å². The summed E-state index contributed by atoms with van der Waals surface area (Å²) in [6, 6.07) is 6.09. The first-order valence-corrected chi connectivity index (χ1v) is 7.80. The standard InChI is InChI=1S/C16H19IN2O2/c1-9-6-7-11(10(2)8-9)19-14(16(3,4)5)12(17)13(18-19)15(20)21/h6-8H,1-5H3,(H,20,21). The van der Waals surface area contributed by atoms with Crippen molar-refractivity contribution in [1.82, 2.24) is 9.78 Å². The molecular formula is C16H19IN2O2. The number of carboxylic acid groups (broad SMARTS) is 1. The van der Waals surface area contributed by atoms with Gasteiger partial charge in [0, 0.05) is 5.41 Å². The fourth-order valence-electron chi connectivity index (χ4n) is 2.40. The molecule has 0 aliphatic rings. The second-order valence-corrected chi connectivity index (χ2v) is 7.35. The highest BCUT2D eigenvalue weighted by Gasteiger charge is 2.29. The number of hydrogen-bond acceptors (Lipinski definition) is 2. The lowest BCUT2D eigenvalue weighted by molar-refractivity contribution is 0.0689. The van der Waals surface area contributed by atoms with Crippen molar-refractivity contribution < 1.29 is 9.90 Å². The van der Waals surface area contributed by atoms with Crippen LogP contribution in [0, 0.1) is 17.4 Å². The predicted octanol–water partition coefficient (Wildman–Crippen LogP) is 4.09. The largest absolute Gasteiger partial charge is 0.476 e. The first-order valence-electron chi connectivity index (χ1n) is 6.73. The smallest absolute Gasteiger partial charge is 0.357 e. The van der Waals surface area contributed by atoms with Crippen LogP contribution in [0.15, 0.2) is 18.2 Å². The maximum atomic E-state index is 11.4. The van der Waals surface area contributed by atoms with Gasteiger partial charge in [0.25, 0.3) is 0 Å². The zero-order chi connectivity index (χ0) is 15.9. The Morgan fingerprint density at radius 1 is 1.29 bits per heavy atom. The van der Waals surface area contributed by atoms with Crippen molar-refractivity contribution in [3.05, 3.63) is 44.3 Å². The number of halogens is 1. The Labute approximate surface area is 138 Å². The number of aromatic nitrogens is 2. The SMILES string of the molecule is Cc1ccc(-n2nc(C(=O)O)c(I)c2C(C)(C)C)c(C)c1. The van der Waals surface area contributed by atoms with Crippen LogP contribution in [0.2, 0.25) is 0 Å². The molecule has 0 bridgehead atoms. The third-order valence-corrected chi connectivity index (χ3v) is 4.34. The van der Waals surface area contributed by atoms with E-state index in [0.717, 1.165) is 16.9 Å². The Morgan fingerprint density at radius 2 is 1.90 bits per heavy atom. The minimum absolute atomic E-state index is 0.112. The molecule has 0 amide bonds. The molecule has 21 heavy (non-hydrogen) atoms. The quantitative estimate of drug-likeness (QED) is 0.776. The van der Waals surface area contributed by atoms with Crippen LogP contribution in [0.3, 0.4) is 0 Å². The number of aryl methyl sites for hydroxylation is 2. The Kier molecular flexibility index (Phi) is 4.15. The normalized spacial score (nSPS) is 11.7. The fraction of sp³-hybridized carbons (Fsp3) is 0.375.